The maximum Gasteiger partial charge on any atom is 0.319 e. The van der Waals surface area contributed by atoms with E-state index in [1.54, 1.807) is 49.9 Å². The summed E-state index contributed by atoms with van der Waals surface area (Å²) < 4.78 is 0. The summed E-state index contributed by atoms with van der Waals surface area (Å²) >= 11 is 1.68. The molecule has 0 radical (unpaired) electrons. The van der Waals surface area contributed by atoms with Crippen molar-refractivity contribution in [3.05, 3.63) is 29.8 Å². The lowest BCUT2D eigenvalue weighted by molar-refractivity contribution is -0.142. The molecule has 1 atom stereocenters. The third kappa shape index (κ3) is 4.97. The molecule has 1 unspecified atom stereocenters. The van der Waals surface area contributed by atoms with Crippen LogP contribution >= 0.6 is 11.8 Å². The Morgan fingerprint density at radius 2 is 1.86 bits per heavy atom. The SMILES string of the molecule is CSC(C)CNC(=O)Nc1ccc(C(C)(C)C(=O)O)cc1. The van der Waals surface area contributed by atoms with E-state index in [2.05, 4.69) is 10.6 Å². The van der Waals surface area contributed by atoms with E-state index in [-0.39, 0.29) is 6.03 Å². The molecule has 5 nitrogen and oxygen atoms in total. The average molecular weight is 310 g/mol. The van der Waals surface area contributed by atoms with Gasteiger partial charge < -0.3 is 15.7 Å². The normalized spacial score (nSPS) is 12.6. The van der Waals surface area contributed by atoms with Crippen molar-refractivity contribution in [3.63, 3.8) is 0 Å². The molecule has 0 saturated heterocycles. The molecule has 0 aliphatic carbocycles. The van der Waals surface area contributed by atoms with Crippen molar-refractivity contribution in [3.8, 4) is 0 Å². The number of thioether (sulfide) groups is 1. The first kappa shape index (κ1) is 17.4. The Morgan fingerprint density at radius 3 is 2.33 bits per heavy atom. The third-order valence-corrected chi connectivity index (χ3v) is 4.32. The van der Waals surface area contributed by atoms with Gasteiger partial charge in [-0.1, -0.05) is 19.1 Å². The van der Waals surface area contributed by atoms with Crippen LogP contribution in [0.25, 0.3) is 0 Å². The molecule has 6 heteroatoms. The molecule has 0 spiro atoms. The van der Waals surface area contributed by atoms with Gasteiger partial charge in [0, 0.05) is 17.5 Å². The van der Waals surface area contributed by atoms with E-state index in [4.69, 9.17) is 0 Å². The number of urea groups is 1. The van der Waals surface area contributed by atoms with Gasteiger partial charge in [0.2, 0.25) is 0 Å². The molecule has 0 heterocycles. The van der Waals surface area contributed by atoms with Gasteiger partial charge >= 0.3 is 12.0 Å². The number of benzene rings is 1. The van der Waals surface area contributed by atoms with Crippen molar-refractivity contribution in [2.75, 3.05) is 18.1 Å². The molecule has 0 saturated carbocycles. The second kappa shape index (κ2) is 7.36. The lowest BCUT2D eigenvalue weighted by Crippen LogP contribution is -2.33. The standard InChI is InChI=1S/C15H22N2O3S/c1-10(21-4)9-16-14(20)17-12-7-5-11(6-8-12)15(2,3)13(18)19/h5-8,10H,9H2,1-4H3,(H,18,19)(H2,16,17,20). The highest BCUT2D eigenvalue weighted by molar-refractivity contribution is 7.99. The summed E-state index contributed by atoms with van der Waals surface area (Å²) in [7, 11) is 0. The van der Waals surface area contributed by atoms with Crippen LogP contribution in [0.2, 0.25) is 0 Å². The number of rotatable bonds is 6. The Labute approximate surface area is 129 Å². The molecule has 1 rings (SSSR count). The van der Waals surface area contributed by atoms with Crippen LogP contribution in [0, 0.1) is 0 Å². The summed E-state index contributed by atoms with van der Waals surface area (Å²) in [5.74, 6) is -0.882. The maximum absolute atomic E-state index is 11.7. The molecule has 3 N–H and O–H groups in total. The van der Waals surface area contributed by atoms with Crippen LogP contribution in [0.5, 0.6) is 0 Å². The minimum Gasteiger partial charge on any atom is -0.481 e. The highest BCUT2D eigenvalue weighted by Gasteiger charge is 2.29. The van der Waals surface area contributed by atoms with Gasteiger partial charge in [0.1, 0.15) is 0 Å². The van der Waals surface area contributed by atoms with Crippen LogP contribution in [0.15, 0.2) is 24.3 Å². The zero-order valence-electron chi connectivity index (χ0n) is 12.8. The zero-order chi connectivity index (χ0) is 16.0. The van der Waals surface area contributed by atoms with Gasteiger partial charge in [-0.15, -0.1) is 0 Å². The van der Waals surface area contributed by atoms with Crippen LogP contribution in [-0.2, 0) is 10.2 Å². The highest BCUT2D eigenvalue weighted by atomic mass is 32.2. The van der Waals surface area contributed by atoms with Crippen LogP contribution in [-0.4, -0.2) is 35.2 Å². The van der Waals surface area contributed by atoms with E-state index in [1.807, 2.05) is 13.2 Å². The largest absolute Gasteiger partial charge is 0.481 e. The molecular formula is C15H22N2O3S. The van der Waals surface area contributed by atoms with Crippen molar-refractivity contribution in [1.29, 1.82) is 0 Å². The Morgan fingerprint density at radius 1 is 1.29 bits per heavy atom. The van der Waals surface area contributed by atoms with Crippen molar-refractivity contribution < 1.29 is 14.7 Å². The number of amides is 2. The minimum absolute atomic E-state index is 0.263. The Bertz CT molecular complexity index is 500. The molecule has 1 aromatic carbocycles. The first-order valence-electron chi connectivity index (χ1n) is 6.69. The number of aliphatic carboxylic acids is 1. The van der Waals surface area contributed by atoms with Crippen LogP contribution in [0.3, 0.4) is 0 Å². The first-order valence-corrected chi connectivity index (χ1v) is 7.97. The number of carbonyl (C=O) groups is 2. The number of hydrogen-bond donors (Lipinski definition) is 3. The summed E-state index contributed by atoms with van der Waals surface area (Å²) in [6.07, 6.45) is 1.99. The topological polar surface area (TPSA) is 78.4 Å². The van der Waals surface area contributed by atoms with E-state index in [0.29, 0.717) is 23.0 Å². The van der Waals surface area contributed by atoms with Crippen LogP contribution in [0.4, 0.5) is 10.5 Å². The van der Waals surface area contributed by atoms with Crippen molar-refractivity contribution in [2.24, 2.45) is 0 Å². The quantitative estimate of drug-likeness (QED) is 0.755. The minimum atomic E-state index is -0.950. The van der Waals surface area contributed by atoms with Crippen molar-refractivity contribution >= 4 is 29.4 Å². The van der Waals surface area contributed by atoms with Gasteiger partial charge in [-0.3, -0.25) is 4.79 Å². The maximum atomic E-state index is 11.7. The van der Waals surface area contributed by atoms with E-state index in [9.17, 15) is 14.7 Å². The molecule has 0 aromatic heterocycles. The molecule has 2 amide bonds. The zero-order valence-corrected chi connectivity index (χ0v) is 13.6. The highest BCUT2D eigenvalue weighted by Crippen LogP contribution is 2.24. The predicted molar refractivity (Wildman–Crippen MR) is 87.1 cm³/mol. The lowest BCUT2D eigenvalue weighted by atomic mass is 9.85. The first-order chi connectivity index (χ1) is 9.77. The molecular weight excluding hydrogens is 288 g/mol. The predicted octanol–water partition coefficient (Wildman–Crippen LogP) is 2.92. The molecule has 0 bridgehead atoms. The van der Waals surface area contributed by atoms with E-state index < -0.39 is 11.4 Å². The number of carbonyl (C=O) groups excluding carboxylic acids is 1. The van der Waals surface area contributed by atoms with E-state index in [0.717, 1.165) is 0 Å². The summed E-state index contributed by atoms with van der Waals surface area (Å²) in [4.78, 5) is 22.9. The van der Waals surface area contributed by atoms with Crippen molar-refractivity contribution in [2.45, 2.75) is 31.4 Å². The van der Waals surface area contributed by atoms with Crippen LogP contribution in [0.1, 0.15) is 26.3 Å². The summed E-state index contributed by atoms with van der Waals surface area (Å²) in [6, 6.07) is 6.58. The number of hydrogen-bond acceptors (Lipinski definition) is 3. The van der Waals surface area contributed by atoms with Crippen molar-refractivity contribution in [1.82, 2.24) is 5.32 Å². The summed E-state index contributed by atoms with van der Waals surface area (Å²) in [5.41, 5.74) is 0.375. The molecule has 21 heavy (non-hydrogen) atoms. The molecule has 1 aromatic rings. The fraction of sp³-hybridized carbons (Fsp3) is 0.467. The van der Waals surface area contributed by atoms with Gasteiger partial charge in [-0.05, 0) is 37.8 Å². The molecule has 0 fully saturated rings. The third-order valence-electron chi connectivity index (χ3n) is 3.35. The second-order valence-electron chi connectivity index (χ2n) is 5.39. The Balaban J connectivity index is 2.63. The number of anilines is 1. The summed E-state index contributed by atoms with van der Waals surface area (Å²) in [6.45, 7) is 5.92. The molecule has 0 aliphatic heterocycles. The van der Waals surface area contributed by atoms with Gasteiger partial charge in [-0.2, -0.15) is 11.8 Å². The monoisotopic (exact) mass is 310 g/mol. The number of carboxylic acid groups (broad SMARTS) is 1. The van der Waals surface area contributed by atoms with Crippen LogP contribution < -0.4 is 10.6 Å². The Hall–Kier alpha value is -1.69. The Kier molecular flexibility index (Phi) is 6.08. The second-order valence-corrected chi connectivity index (χ2v) is 6.66. The molecule has 116 valence electrons. The fourth-order valence-corrected chi connectivity index (χ4v) is 1.84. The average Bonchev–Trinajstić information content (AvgIpc) is 2.45. The molecule has 0 aliphatic rings. The van der Waals surface area contributed by atoms with E-state index >= 15 is 0 Å². The van der Waals surface area contributed by atoms with Gasteiger partial charge in [0.05, 0.1) is 5.41 Å². The number of nitrogens with one attached hydrogen (secondary N) is 2. The van der Waals surface area contributed by atoms with Gasteiger partial charge in [-0.25, -0.2) is 4.79 Å². The van der Waals surface area contributed by atoms with E-state index in [1.165, 1.54) is 0 Å². The van der Waals surface area contributed by atoms with Gasteiger partial charge in [0.15, 0.2) is 0 Å². The lowest BCUT2D eigenvalue weighted by Gasteiger charge is -2.20. The fourth-order valence-electron chi connectivity index (χ4n) is 1.59. The number of carboxylic acids is 1. The smallest absolute Gasteiger partial charge is 0.319 e. The van der Waals surface area contributed by atoms with Gasteiger partial charge in [0.25, 0.3) is 0 Å². The summed E-state index contributed by atoms with van der Waals surface area (Å²) in [5, 5.41) is 15.0.